The highest BCUT2D eigenvalue weighted by atomic mass is 14.9. The molecule has 1 heterocycles. The smallest absolute Gasteiger partial charge is 0.0373 e. The zero-order valence-corrected chi connectivity index (χ0v) is 8.06. The highest BCUT2D eigenvalue weighted by Crippen LogP contribution is 2.48. The molecule has 0 bridgehead atoms. The van der Waals surface area contributed by atoms with E-state index in [2.05, 4.69) is 30.4 Å². The first-order valence-electron chi connectivity index (χ1n) is 5.15. The van der Waals surface area contributed by atoms with Gasteiger partial charge in [0.25, 0.3) is 0 Å². The molecule has 1 fully saturated rings. The minimum atomic E-state index is 0.525. The molecule has 68 valence electrons. The molecule has 0 spiro atoms. The van der Waals surface area contributed by atoms with Gasteiger partial charge in [0.15, 0.2) is 0 Å². The number of rotatable bonds is 1. The van der Waals surface area contributed by atoms with E-state index in [1.165, 1.54) is 30.5 Å². The van der Waals surface area contributed by atoms with Crippen LogP contribution in [0.15, 0.2) is 18.2 Å². The van der Waals surface area contributed by atoms with Gasteiger partial charge in [-0.2, -0.15) is 0 Å². The van der Waals surface area contributed by atoms with Crippen molar-refractivity contribution >= 4 is 5.69 Å². The summed E-state index contributed by atoms with van der Waals surface area (Å²) in [4.78, 5) is 0. The van der Waals surface area contributed by atoms with Crippen LogP contribution in [0.1, 0.15) is 30.9 Å². The van der Waals surface area contributed by atoms with Crippen LogP contribution in [0.4, 0.5) is 5.69 Å². The summed E-state index contributed by atoms with van der Waals surface area (Å²) in [7, 11) is 0. The SMILES string of the molecule is CC1(c2ccc3c(c2)CCN3)CC1. The average Bonchev–Trinajstić information content (AvgIpc) is 2.74. The van der Waals surface area contributed by atoms with Gasteiger partial charge in [-0.15, -0.1) is 0 Å². The van der Waals surface area contributed by atoms with Crippen molar-refractivity contribution in [1.29, 1.82) is 0 Å². The standard InChI is InChI=1S/C12H15N/c1-12(5-6-12)10-2-3-11-9(8-10)4-7-13-11/h2-3,8,13H,4-7H2,1H3. The lowest BCUT2D eigenvalue weighted by molar-refractivity contribution is 0.786. The van der Waals surface area contributed by atoms with Crippen LogP contribution < -0.4 is 5.32 Å². The van der Waals surface area contributed by atoms with Crippen molar-refractivity contribution in [1.82, 2.24) is 0 Å². The summed E-state index contributed by atoms with van der Waals surface area (Å²) < 4.78 is 0. The molecule has 0 aromatic heterocycles. The van der Waals surface area contributed by atoms with E-state index in [9.17, 15) is 0 Å². The highest BCUT2D eigenvalue weighted by Gasteiger charge is 2.39. The number of benzene rings is 1. The van der Waals surface area contributed by atoms with E-state index < -0.39 is 0 Å². The molecule has 2 aliphatic rings. The maximum absolute atomic E-state index is 3.40. The third-order valence-electron chi connectivity index (χ3n) is 3.51. The van der Waals surface area contributed by atoms with Crippen molar-refractivity contribution in [2.24, 2.45) is 0 Å². The Morgan fingerprint density at radius 2 is 2.15 bits per heavy atom. The summed E-state index contributed by atoms with van der Waals surface area (Å²) in [6, 6.07) is 6.95. The van der Waals surface area contributed by atoms with Gasteiger partial charge in [-0.05, 0) is 41.9 Å². The maximum Gasteiger partial charge on any atom is 0.0373 e. The van der Waals surface area contributed by atoms with Gasteiger partial charge >= 0.3 is 0 Å². The predicted octanol–water partition coefficient (Wildman–Crippen LogP) is 2.71. The largest absolute Gasteiger partial charge is 0.384 e. The topological polar surface area (TPSA) is 12.0 Å². The first-order chi connectivity index (χ1) is 6.28. The van der Waals surface area contributed by atoms with Crippen LogP contribution in [0.5, 0.6) is 0 Å². The fourth-order valence-electron chi connectivity index (χ4n) is 2.16. The lowest BCUT2D eigenvalue weighted by Gasteiger charge is -2.10. The molecule has 1 aromatic rings. The average molecular weight is 173 g/mol. The second-order valence-electron chi connectivity index (χ2n) is 4.61. The van der Waals surface area contributed by atoms with Crippen molar-refractivity contribution in [2.75, 3.05) is 11.9 Å². The molecule has 3 rings (SSSR count). The summed E-state index contributed by atoms with van der Waals surface area (Å²) in [5, 5.41) is 3.40. The molecule has 0 unspecified atom stereocenters. The van der Waals surface area contributed by atoms with Gasteiger partial charge in [0.05, 0.1) is 0 Å². The quantitative estimate of drug-likeness (QED) is 0.688. The molecule has 13 heavy (non-hydrogen) atoms. The molecule has 0 saturated heterocycles. The first kappa shape index (κ1) is 7.43. The Morgan fingerprint density at radius 3 is 2.92 bits per heavy atom. The Bertz CT molecular complexity index is 350. The van der Waals surface area contributed by atoms with E-state index in [0.29, 0.717) is 5.41 Å². The fraction of sp³-hybridized carbons (Fsp3) is 0.500. The summed E-state index contributed by atoms with van der Waals surface area (Å²) in [5.41, 5.74) is 4.95. The van der Waals surface area contributed by atoms with Crippen LogP contribution in [-0.2, 0) is 11.8 Å². The Morgan fingerprint density at radius 1 is 1.31 bits per heavy atom. The van der Waals surface area contributed by atoms with Gasteiger partial charge in [-0.1, -0.05) is 19.1 Å². The molecule has 0 radical (unpaired) electrons. The maximum atomic E-state index is 3.40. The molecular weight excluding hydrogens is 158 g/mol. The van der Waals surface area contributed by atoms with E-state index >= 15 is 0 Å². The zero-order valence-electron chi connectivity index (χ0n) is 8.06. The second-order valence-corrected chi connectivity index (χ2v) is 4.61. The van der Waals surface area contributed by atoms with Gasteiger partial charge < -0.3 is 5.32 Å². The Kier molecular flexibility index (Phi) is 1.30. The number of nitrogens with one attached hydrogen (secondary N) is 1. The van der Waals surface area contributed by atoms with E-state index in [1.54, 1.807) is 5.56 Å². The molecule has 1 nitrogen and oxygen atoms in total. The minimum absolute atomic E-state index is 0.525. The van der Waals surface area contributed by atoms with Crippen molar-refractivity contribution in [3.8, 4) is 0 Å². The molecule has 1 aliphatic heterocycles. The zero-order chi connectivity index (χ0) is 8.89. The fourth-order valence-corrected chi connectivity index (χ4v) is 2.16. The van der Waals surface area contributed by atoms with Crippen LogP contribution in [0.3, 0.4) is 0 Å². The molecule has 1 saturated carbocycles. The van der Waals surface area contributed by atoms with Crippen LogP contribution in [0.25, 0.3) is 0 Å². The van der Waals surface area contributed by atoms with Gasteiger partial charge in [0.2, 0.25) is 0 Å². The van der Waals surface area contributed by atoms with Crippen LogP contribution in [0.2, 0.25) is 0 Å². The summed E-state index contributed by atoms with van der Waals surface area (Å²) in [5.74, 6) is 0. The van der Waals surface area contributed by atoms with Crippen molar-refractivity contribution in [3.05, 3.63) is 29.3 Å². The van der Waals surface area contributed by atoms with Gasteiger partial charge in [-0.25, -0.2) is 0 Å². The number of hydrogen-bond acceptors (Lipinski definition) is 1. The monoisotopic (exact) mass is 173 g/mol. The van der Waals surface area contributed by atoms with E-state index in [1.807, 2.05) is 0 Å². The van der Waals surface area contributed by atoms with Crippen molar-refractivity contribution in [3.63, 3.8) is 0 Å². The molecule has 1 aromatic carbocycles. The Labute approximate surface area is 79.2 Å². The number of fused-ring (bicyclic) bond motifs is 1. The third-order valence-corrected chi connectivity index (χ3v) is 3.51. The van der Waals surface area contributed by atoms with E-state index in [-0.39, 0.29) is 0 Å². The molecule has 0 atom stereocenters. The lowest BCUT2D eigenvalue weighted by Crippen LogP contribution is -1.99. The number of anilines is 1. The van der Waals surface area contributed by atoms with Crippen LogP contribution in [-0.4, -0.2) is 6.54 Å². The van der Waals surface area contributed by atoms with Gasteiger partial charge in [-0.3, -0.25) is 0 Å². The lowest BCUT2D eigenvalue weighted by atomic mass is 9.96. The first-order valence-corrected chi connectivity index (χ1v) is 5.15. The predicted molar refractivity (Wildman–Crippen MR) is 55.2 cm³/mol. The molecule has 0 amide bonds. The van der Waals surface area contributed by atoms with Crippen LogP contribution in [0, 0.1) is 0 Å². The number of hydrogen-bond donors (Lipinski definition) is 1. The van der Waals surface area contributed by atoms with Gasteiger partial charge in [0, 0.05) is 12.2 Å². The summed E-state index contributed by atoms with van der Waals surface area (Å²) >= 11 is 0. The normalized spacial score (nSPS) is 22.2. The second kappa shape index (κ2) is 2.28. The molecule has 1 aliphatic carbocycles. The van der Waals surface area contributed by atoms with Crippen LogP contribution >= 0.6 is 0 Å². The molecule has 1 N–H and O–H groups in total. The van der Waals surface area contributed by atoms with E-state index in [4.69, 9.17) is 0 Å². The van der Waals surface area contributed by atoms with Gasteiger partial charge in [0.1, 0.15) is 0 Å². The molecule has 1 heteroatoms. The third kappa shape index (κ3) is 1.06. The Hall–Kier alpha value is -0.980. The molecular formula is C12H15N. The Balaban J connectivity index is 2.05. The minimum Gasteiger partial charge on any atom is -0.384 e. The summed E-state index contributed by atoms with van der Waals surface area (Å²) in [6.07, 6.45) is 3.96. The highest BCUT2D eigenvalue weighted by molar-refractivity contribution is 5.57. The van der Waals surface area contributed by atoms with Crippen molar-refractivity contribution in [2.45, 2.75) is 31.6 Å². The summed E-state index contributed by atoms with van der Waals surface area (Å²) in [6.45, 7) is 3.49. The van der Waals surface area contributed by atoms with E-state index in [0.717, 1.165) is 6.54 Å². The van der Waals surface area contributed by atoms with Crippen molar-refractivity contribution < 1.29 is 0 Å².